The van der Waals surface area contributed by atoms with Crippen LogP contribution in [0.3, 0.4) is 0 Å². The zero-order valence-electron chi connectivity index (χ0n) is 14.7. The van der Waals surface area contributed by atoms with Gasteiger partial charge in [-0.2, -0.15) is 0 Å². The van der Waals surface area contributed by atoms with Crippen LogP contribution in [0.2, 0.25) is 5.02 Å². The second-order valence-electron chi connectivity index (χ2n) is 5.21. The summed E-state index contributed by atoms with van der Waals surface area (Å²) < 4.78 is 10.4. The van der Waals surface area contributed by atoms with Crippen LogP contribution >= 0.6 is 11.6 Å². The first-order valence-electron chi connectivity index (χ1n) is 7.86. The van der Waals surface area contributed by atoms with Crippen LogP contribution in [0.25, 0.3) is 0 Å². The van der Waals surface area contributed by atoms with Crippen LogP contribution in [0.1, 0.15) is 17.3 Å². The fourth-order valence-corrected chi connectivity index (χ4v) is 2.48. The van der Waals surface area contributed by atoms with Gasteiger partial charge in [0.15, 0.2) is 0 Å². The van der Waals surface area contributed by atoms with Crippen molar-refractivity contribution >= 4 is 34.9 Å². The van der Waals surface area contributed by atoms with Gasteiger partial charge in [-0.05, 0) is 31.2 Å². The standard InChI is InChI=1S/C18H20ClN3O4/c1-4-20-17(23)11-6-5-7-12(8-11)21-18(24)22-14-9-13(19)15(25-2)10-16(14)26-3/h5-10H,4H2,1-3H3,(H,20,23)(H2,21,22,24). The summed E-state index contributed by atoms with van der Waals surface area (Å²) in [5.74, 6) is 0.627. The lowest BCUT2D eigenvalue weighted by Crippen LogP contribution is -2.23. The summed E-state index contributed by atoms with van der Waals surface area (Å²) in [4.78, 5) is 24.1. The minimum atomic E-state index is -0.502. The minimum Gasteiger partial charge on any atom is -0.495 e. The van der Waals surface area contributed by atoms with Crippen LogP contribution in [0.4, 0.5) is 16.2 Å². The summed E-state index contributed by atoms with van der Waals surface area (Å²) in [5.41, 5.74) is 1.32. The lowest BCUT2D eigenvalue weighted by molar-refractivity contribution is 0.0956. The van der Waals surface area contributed by atoms with E-state index in [2.05, 4.69) is 16.0 Å². The molecule has 0 heterocycles. The first-order chi connectivity index (χ1) is 12.5. The molecule has 0 bridgehead atoms. The van der Waals surface area contributed by atoms with Gasteiger partial charge in [-0.1, -0.05) is 17.7 Å². The molecule has 0 radical (unpaired) electrons. The molecule has 2 aromatic carbocycles. The van der Waals surface area contributed by atoms with Gasteiger partial charge in [0.1, 0.15) is 11.5 Å². The van der Waals surface area contributed by atoms with E-state index >= 15 is 0 Å². The van der Waals surface area contributed by atoms with Crippen molar-refractivity contribution in [1.82, 2.24) is 5.32 Å². The van der Waals surface area contributed by atoms with Crippen molar-refractivity contribution in [2.75, 3.05) is 31.4 Å². The molecule has 3 N–H and O–H groups in total. The number of rotatable bonds is 6. The lowest BCUT2D eigenvalue weighted by atomic mass is 10.2. The van der Waals surface area contributed by atoms with Crippen LogP contribution < -0.4 is 25.4 Å². The van der Waals surface area contributed by atoms with Crippen molar-refractivity contribution in [1.29, 1.82) is 0 Å². The Kier molecular flexibility index (Phi) is 6.68. The average molecular weight is 378 g/mol. The quantitative estimate of drug-likeness (QED) is 0.715. The number of carbonyl (C=O) groups excluding carboxylic acids is 2. The fourth-order valence-electron chi connectivity index (χ4n) is 2.24. The monoisotopic (exact) mass is 377 g/mol. The van der Waals surface area contributed by atoms with Crippen LogP contribution in [-0.2, 0) is 0 Å². The molecule has 0 spiro atoms. The van der Waals surface area contributed by atoms with E-state index in [0.717, 1.165) is 0 Å². The second kappa shape index (κ2) is 8.96. The van der Waals surface area contributed by atoms with E-state index in [9.17, 15) is 9.59 Å². The molecule has 2 rings (SSSR count). The van der Waals surface area contributed by atoms with E-state index in [1.807, 2.05) is 6.92 Å². The Labute approximate surface area is 156 Å². The summed E-state index contributed by atoms with van der Waals surface area (Å²) in [6.45, 7) is 2.36. The summed E-state index contributed by atoms with van der Waals surface area (Å²) in [7, 11) is 2.96. The van der Waals surface area contributed by atoms with Crippen LogP contribution in [0.15, 0.2) is 36.4 Å². The van der Waals surface area contributed by atoms with Gasteiger partial charge in [0.25, 0.3) is 5.91 Å². The van der Waals surface area contributed by atoms with Crippen molar-refractivity contribution in [2.24, 2.45) is 0 Å². The first-order valence-corrected chi connectivity index (χ1v) is 8.24. The van der Waals surface area contributed by atoms with Gasteiger partial charge < -0.3 is 25.4 Å². The number of methoxy groups -OCH3 is 2. The van der Waals surface area contributed by atoms with Crippen molar-refractivity contribution in [2.45, 2.75) is 6.92 Å². The zero-order chi connectivity index (χ0) is 19.1. The first kappa shape index (κ1) is 19.4. The van der Waals surface area contributed by atoms with Crippen molar-refractivity contribution in [3.8, 4) is 11.5 Å². The Morgan fingerprint density at radius 1 is 1.04 bits per heavy atom. The van der Waals surface area contributed by atoms with Crippen molar-refractivity contribution in [3.63, 3.8) is 0 Å². The topological polar surface area (TPSA) is 88.7 Å². The van der Waals surface area contributed by atoms with E-state index in [1.165, 1.54) is 20.3 Å². The maximum absolute atomic E-state index is 12.3. The van der Waals surface area contributed by atoms with Gasteiger partial charge in [-0.3, -0.25) is 4.79 Å². The highest BCUT2D eigenvalue weighted by atomic mass is 35.5. The number of hydrogen-bond acceptors (Lipinski definition) is 4. The van der Waals surface area contributed by atoms with Crippen LogP contribution in [0, 0.1) is 0 Å². The maximum atomic E-state index is 12.3. The molecule has 26 heavy (non-hydrogen) atoms. The molecule has 3 amide bonds. The molecule has 0 unspecified atom stereocenters. The molecule has 0 aliphatic rings. The normalized spacial score (nSPS) is 10.0. The molecular weight excluding hydrogens is 358 g/mol. The third-order valence-corrected chi connectivity index (χ3v) is 3.74. The molecule has 0 saturated heterocycles. The largest absolute Gasteiger partial charge is 0.495 e. The zero-order valence-corrected chi connectivity index (χ0v) is 15.4. The molecule has 0 aliphatic carbocycles. The van der Waals surface area contributed by atoms with Crippen LogP contribution in [-0.4, -0.2) is 32.7 Å². The molecule has 8 heteroatoms. The Hall–Kier alpha value is -2.93. The molecule has 2 aromatic rings. The maximum Gasteiger partial charge on any atom is 0.323 e. The Bertz CT molecular complexity index is 811. The van der Waals surface area contributed by atoms with Gasteiger partial charge in [-0.15, -0.1) is 0 Å². The molecule has 138 valence electrons. The number of hydrogen-bond donors (Lipinski definition) is 3. The number of carbonyl (C=O) groups is 2. The van der Waals surface area contributed by atoms with E-state index in [0.29, 0.717) is 40.0 Å². The molecule has 0 aliphatic heterocycles. The number of ether oxygens (including phenoxy) is 2. The van der Waals surface area contributed by atoms with E-state index in [-0.39, 0.29) is 5.91 Å². The van der Waals surface area contributed by atoms with E-state index in [4.69, 9.17) is 21.1 Å². The molecular formula is C18H20ClN3O4. The number of nitrogens with one attached hydrogen (secondary N) is 3. The third kappa shape index (κ3) is 4.80. The highest BCUT2D eigenvalue weighted by Crippen LogP contribution is 2.35. The van der Waals surface area contributed by atoms with Gasteiger partial charge in [0.05, 0.1) is 24.9 Å². The second-order valence-corrected chi connectivity index (χ2v) is 5.61. The van der Waals surface area contributed by atoms with E-state index < -0.39 is 6.03 Å². The van der Waals surface area contributed by atoms with Gasteiger partial charge in [0.2, 0.25) is 0 Å². The Morgan fingerprint density at radius 3 is 2.42 bits per heavy atom. The summed E-state index contributed by atoms with van der Waals surface area (Å²) in [6.07, 6.45) is 0. The average Bonchev–Trinajstić information content (AvgIpc) is 2.62. The smallest absolute Gasteiger partial charge is 0.323 e. The molecule has 0 saturated carbocycles. The molecule has 7 nitrogen and oxygen atoms in total. The van der Waals surface area contributed by atoms with Crippen molar-refractivity contribution in [3.05, 3.63) is 47.0 Å². The summed E-state index contributed by atoms with van der Waals surface area (Å²) in [5, 5.41) is 8.37. The molecule has 0 fully saturated rings. The summed E-state index contributed by atoms with van der Waals surface area (Å²) in [6, 6.07) is 9.23. The Balaban J connectivity index is 2.13. The predicted octanol–water partition coefficient (Wildman–Crippen LogP) is 3.75. The third-order valence-electron chi connectivity index (χ3n) is 3.44. The summed E-state index contributed by atoms with van der Waals surface area (Å²) >= 11 is 6.09. The number of benzene rings is 2. The highest BCUT2D eigenvalue weighted by Gasteiger charge is 2.13. The van der Waals surface area contributed by atoms with Crippen LogP contribution in [0.5, 0.6) is 11.5 Å². The molecule has 0 atom stereocenters. The number of halogens is 1. The minimum absolute atomic E-state index is 0.208. The Morgan fingerprint density at radius 2 is 1.77 bits per heavy atom. The SMILES string of the molecule is CCNC(=O)c1cccc(NC(=O)Nc2cc(Cl)c(OC)cc2OC)c1. The van der Waals surface area contributed by atoms with E-state index in [1.54, 1.807) is 30.3 Å². The predicted molar refractivity (Wildman–Crippen MR) is 102 cm³/mol. The highest BCUT2D eigenvalue weighted by molar-refractivity contribution is 6.32. The van der Waals surface area contributed by atoms with Gasteiger partial charge >= 0.3 is 6.03 Å². The molecule has 0 aromatic heterocycles. The van der Waals surface area contributed by atoms with Gasteiger partial charge in [-0.25, -0.2) is 4.79 Å². The van der Waals surface area contributed by atoms with Gasteiger partial charge in [0, 0.05) is 23.9 Å². The number of anilines is 2. The number of urea groups is 1. The van der Waals surface area contributed by atoms with Crippen molar-refractivity contribution < 1.29 is 19.1 Å². The lowest BCUT2D eigenvalue weighted by Gasteiger charge is -2.14. The fraction of sp³-hybridized carbons (Fsp3) is 0.222. The number of amides is 3.